The van der Waals surface area contributed by atoms with Crippen molar-refractivity contribution < 1.29 is 18.0 Å². The first-order valence-corrected chi connectivity index (χ1v) is 5.76. The van der Waals surface area contributed by atoms with Crippen LogP contribution in [0.15, 0.2) is 62.4 Å². The van der Waals surface area contributed by atoms with Crippen molar-refractivity contribution in [2.45, 2.75) is 6.54 Å². The van der Waals surface area contributed by atoms with Crippen molar-refractivity contribution in [3.63, 3.8) is 0 Å². The van der Waals surface area contributed by atoms with Gasteiger partial charge in [-0.1, -0.05) is 0 Å². The first-order chi connectivity index (χ1) is 9.33. The standard InChI is InChI=1S/C14H11NO4/c16-14(13-2-1-6-18-13)15-8-11-3-4-12(19-11)10-5-7-17-9-10/h1-7,9H,8H2,(H,15,16). The zero-order valence-electron chi connectivity index (χ0n) is 9.96. The van der Waals surface area contributed by atoms with Crippen LogP contribution in [0.3, 0.4) is 0 Å². The van der Waals surface area contributed by atoms with Gasteiger partial charge in [0.1, 0.15) is 17.8 Å². The summed E-state index contributed by atoms with van der Waals surface area (Å²) in [6.45, 7) is 0.303. The Morgan fingerprint density at radius 3 is 2.84 bits per heavy atom. The number of carbonyl (C=O) groups is 1. The fraction of sp³-hybridized carbons (Fsp3) is 0.0714. The molecule has 0 aliphatic carbocycles. The lowest BCUT2D eigenvalue weighted by atomic mass is 10.3. The molecule has 3 aromatic rings. The van der Waals surface area contributed by atoms with Crippen molar-refractivity contribution in [1.82, 2.24) is 5.32 Å². The van der Waals surface area contributed by atoms with E-state index in [-0.39, 0.29) is 11.7 Å². The summed E-state index contributed by atoms with van der Waals surface area (Å²) < 4.78 is 15.6. The fourth-order valence-corrected chi connectivity index (χ4v) is 1.70. The van der Waals surface area contributed by atoms with Gasteiger partial charge in [0, 0.05) is 0 Å². The monoisotopic (exact) mass is 257 g/mol. The van der Waals surface area contributed by atoms with Gasteiger partial charge in [0.05, 0.1) is 24.6 Å². The van der Waals surface area contributed by atoms with Crippen LogP contribution in [-0.4, -0.2) is 5.91 Å². The summed E-state index contributed by atoms with van der Waals surface area (Å²) >= 11 is 0. The van der Waals surface area contributed by atoms with E-state index >= 15 is 0 Å². The molecule has 0 atom stereocenters. The molecule has 0 saturated heterocycles. The maximum atomic E-state index is 11.7. The van der Waals surface area contributed by atoms with E-state index in [4.69, 9.17) is 13.3 Å². The highest BCUT2D eigenvalue weighted by Gasteiger charge is 2.10. The van der Waals surface area contributed by atoms with Crippen LogP contribution in [0.2, 0.25) is 0 Å². The molecule has 0 aliphatic rings. The molecular weight excluding hydrogens is 246 g/mol. The molecule has 96 valence electrons. The molecule has 3 rings (SSSR count). The van der Waals surface area contributed by atoms with Gasteiger partial charge in [-0.2, -0.15) is 0 Å². The molecule has 0 aliphatic heterocycles. The Balaban J connectivity index is 1.63. The highest BCUT2D eigenvalue weighted by molar-refractivity contribution is 5.91. The van der Waals surface area contributed by atoms with Crippen LogP contribution in [0.25, 0.3) is 11.3 Å². The van der Waals surface area contributed by atoms with Crippen molar-refractivity contribution in [3.05, 3.63) is 60.6 Å². The van der Waals surface area contributed by atoms with Gasteiger partial charge >= 0.3 is 0 Å². The summed E-state index contributed by atoms with van der Waals surface area (Å²) in [5.41, 5.74) is 0.864. The lowest BCUT2D eigenvalue weighted by Gasteiger charge is -2.00. The van der Waals surface area contributed by atoms with Crippen molar-refractivity contribution in [2.24, 2.45) is 0 Å². The van der Waals surface area contributed by atoms with Gasteiger partial charge in [-0.3, -0.25) is 4.79 Å². The number of rotatable bonds is 4. The smallest absolute Gasteiger partial charge is 0.287 e. The second-order valence-electron chi connectivity index (χ2n) is 3.94. The van der Waals surface area contributed by atoms with Crippen LogP contribution < -0.4 is 5.32 Å². The first kappa shape index (κ1) is 11.4. The van der Waals surface area contributed by atoms with E-state index in [9.17, 15) is 4.79 Å². The van der Waals surface area contributed by atoms with Gasteiger partial charge in [0.15, 0.2) is 5.76 Å². The largest absolute Gasteiger partial charge is 0.472 e. The third-order valence-electron chi connectivity index (χ3n) is 2.64. The highest BCUT2D eigenvalue weighted by atomic mass is 16.4. The van der Waals surface area contributed by atoms with Gasteiger partial charge in [0.2, 0.25) is 0 Å². The van der Waals surface area contributed by atoms with Crippen molar-refractivity contribution in [2.75, 3.05) is 0 Å². The first-order valence-electron chi connectivity index (χ1n) is 5.76. The van der Waals surface area contributed by atoms with Crippen molar-refractivity contribution in [1.29, 1.82) is 0 Å². The minimum atomic E-state index is -0.272. The third kappa shape index (κ3) is 2.44. The molecule has 0 aromatic carbocycles. The van der Waals surface area contributed by atoms with Gasteiger partial charge in [0.25, 0.3) is 5.91 Å². The Kier molecular flexibility index (Phi) is 2.94. The topological polar surface area (TPSA) is 68.5 Å². The molecule has 0 bridgehead atoms. The van der Waals surface area contributed by atoms with Gasteiger partial charge in [-0.25, -0.2) is 0 Å². The Bertz CT molecular complexity index is 650. The summed E-state index contributed by atoms with van der Waals surface area (Å²) in [5, 5.41) is 2.71. The molecule has 3 aromatic heterocycles. The van der Waals surface area contributed by atoms with Gasteiger partial charge in [-0.05, 0) is 30.3 Å². The fourth-order valence-electron chi connectivity index (χ4n) is 1.70. The summed E-state index contributed by atoms with van der Waals surface area (Å²) in [4.78, 5) is 11.7. The summed E-state index contributed by atoms with van der Waals surface area (Å²) in [6.07, 6.45) is 4.64. The summed E-state index contributed by atoms with van der Waals surface area (Å²) in [5.74, 6) is 1.37. The number of amides is 1. The number of hydrogen-bond acceptors (Lipinski definition) is 4. The van der Waals surface area contributed by atoms with Crippen LogP contribution >= 0.6 is 0 Å². The van der Waals surface area contributed by atoms with Crippen LogP contribution in [0.1, 0.15) is 16.3 Å². The molecular formula is C14H11NO4. The van der Waals surface area contributed by atoms with E-state index < -0.39 is 0 Å². The highest BCUT2D eigenvalue weighted by Crippen LogP contribution is 2.22. The van der Waals surface area contributed by atoms with Crippen molar-refractivity contribution >= 4 is 5.91 Å². The average Bonchev–Trinajstić information content (AvgIpc) is 3.14. The van der Waals surface area contributed by atoms with E-state index in [2.05, 4.69) is 5.32 Å². The van der Waals surface area contributed by atoms with Gasteiger partial charge in [-0.15, -0.1) is 0 Å². The number of furan rings is 3. The Morgan fingerprint density at radius 1 is 1.16 bits per heavy atom. The minimum absolute atomic E-state index is 0.272. The summed E-state index contributed by atoms with van der Waals surface area (Å²) in [6, 6.07) is 8.72. The zero-order valence-corrected chi connectivity index (χ0v) is 9.96. The minimum Gasteiger partial charge on any atom is -0.472 e. The predicted molar refractivity (Wildman–Crippen MR) is 66.3 cm³/mol. The Morgan fingerprint density at radius 2 is 2.11 bits per heavy atom. The lowest BCUT2D eigenvalue weighted by molar-refractivity contribution is 0.0920. The van der Waals surface area contributed by atoms with Crippen LogP contribution in [-0.2, 0) is 6.54 Å². The van der Waals surface area contributed by atoms with Crippen LogP contribution in [0.5, 0.6) is 0 Å². The molecule has 3 heterocycles. The number of nitrogens with one attached hydrogen (secondary N) is 1. The molecule has 19 heavy (non-hydrogen) atoms. The molecule has 1 amide bonds. The zero-order chi connectivity index (χ0) is 13.1. The Hall–Kier alpha value is -2.69. The Labute approximate surface area is 108 Å². The molecule has 1 N–H and O–H groups in total. The van der Waals surface area contributed by atoms with Crippen LogP contribution in [0.4, 0.5) is 0 Å². The molecule has 0 unspecified atom stereocenters. The maximum Gasteiger partial charge on any atom is 0.287 e. The second-order valence-corrected chi connectivity index (χ2v) is 3.94. The van der Waals surface area contributed by atoms with E-state index in [0.717, 1.165) is 5.56 Å². The average molecular weight is 257 g/mol. The maximum absolute atomic E-state index is 11.7. The lowest BCUT2D eigenvalue weighted by Crippen LogP contribution is -2.21. The normalized spacial score (nSPS) is 10.5. The van der Waals surface area contributed by atoms with Crippen LogP contribution in [0, 0.1) is 0 Å². The molecule has 5 heteroatoms. The molecule has 0 fully saturated rings. The predicted octanol–water partition coefficient (Wildman–Crippen LogP) is 3.06. The number of hydrogen-bond donors (Lipinski definition) is 1. The van der Waals surface area contributed by atoms with Gasteiger partial charge < -0.3 is 18.6 Å². The quantitative estimate of drug-likeness (QED) is 0.779. The number of carbonyl (C=O) groups excluding carboxylic acids is 1. The molecule has 0 radical (unpaired) electrons. The van der Waals surface area contributed by atoms with E-state index in [1.54, 1.807) is 24.7 Å². The molecule has 0 saturated carbocycles. The summed E-state index contributed by atoms with van der Waals surface area (Å²) in [7, 11) is 0. The third-order valence-corrected chi connectivity index (χ3v) is 2.64. The SMILES string of the molecule is O=C(NCc1ccc(-c2ccoc2)o1)c1ccco1. The van der Waals surface area contributed by atoms with E-state index in [1.165, 1.54) is 6.26 Å². The van der Waals surface area contributed by atoms with E-state index in [0.29, 0.717) is 18.1 Å². The molecule has 5 nitrogen and oxygen atoms in total. The molecule has 0 spiro atoms. The van der Waals surface area contributed by atoms with E-state index in [1.807, 2.05) is 18.2 Å². The second kappa shape index (κ2) is 4.89. The van der Waals surface area contributed by atoms with Crippen molar-refractivity contribution in [3.8, 4) is 11.3 Å².